The molecule has 1 heterocycles. The molecule has 0 saturated carbocycles. The van der Waals surface area contributed by atoms with Gasteiger partial charge in [0, 0.05) is 19.0 Å². The Bertz CT molecular complexity index is 1240. The molecule has 0 atom stereocenters. The summed E-state index contributed by atoms with van der Waals surface area (Å²) in [6.07, 6.45) is 1.83. The topological polar surface area (TPSA) is 118 Å². The third kappa shape index (κ3) is 7.20. The van der Waals surface area contributed by atoms with Gasteiger partial charge in [-0.05, 0) is 37.1 Å². The summed E-state index contributed by atoms with van der Waals surface area (Å²) in [5.41, 5.74) is 1.32. The molecule has 0 spiro atoms. The minimum Gasteiger partial charge on any atom is -0.493 e. The molecule has 35 heavy (non-hydrogen) atoms. The highest BCUT2D eigenvalue weighted by Gasteiger charge is 2.12. The minimum absolute atomic E-state index is 0.0557. The van der Waals surface area contributed by atoms with Crippen molar-refractivity contribution in [3.63, 3.8) is 0 Å². The van der Waals surface area contributed by atoms with E-state index < -0.39 is 11.9 Å². The molecule has 0 unspecified atom stereocenters. The van der Waals surface area contributed by atoms with Gasteiger partial charge in [0.25, 0.3) is 11.5 Å². The first kappa shape index (κ1) is 25.5. The van der Waals surface area contributed by atoms with Crippen molar-refractivity contribution in [1.82, 2.24) is 14.9 Å². The van der Waals surface area contributed by atoms with Gasteiger partial charge < -0.3 is 24.3 Å². The van der Waals surface area contributed by atoms with E-state index in [0.717, 1.165) is 11.3 Å². The summed E-state index contributed by atoms with van der Waals surface area (Å²) in [7, 11) is 3.00. The van der Waals surface area contributed by atoms with Crippen LogP contribution in [0.5, 0.6) is 17.2 Å². The number of carbonyl (C=O) groups excluding carboxylic acids is 2. The highest BCUT2D eigenvalue weighted by atomic mass is 16.5. The largest absolute Gasteiger partial charge is 0.493 e. The van der Waals surface area contributed by atoms with Crippen LogP contribution in [-0.2, 0) is 20.9 Å². The number of hydrogen-bond donors (Lipinski definition) is 1. The second kappa shape index (κ2) is 12.4. The summed E-state index contributed by atoms with van der Waals surface area (Å²) < 4.78 is 22.5. The number of hydrogen-bond acceptors (Lipinski definition) is 8. The molecule has 2 aromatic carbocycles. The molecule has 0 radical (unpaired) electrons. The van der Waals surface area contributed by atoms with Crippen molar-refractivity contribution >= 4 is 22.8 Å². The SMILES string of the molecule is COc1cc2ncn(CCCC(=O)OCC(=O)NCCOc3cccc(C)c3)c(=O)c2cc1OC. The van der Waals surface area contributed by atoms with Gasteiger partial charge in [-0.2, -0.15) is 0 Å². The Kier molecular flexibility index (Phi) is 9.05. The number of methoxy groups -OCH3 is 2. The molecule has 1 N–H and O–H groups in total. The Hall–Kier alpha value is -4.08. The number of nitrogens with one attached hydrogen (secondary N) is 1. The zero-order valence-corrected chi connectivity index (χ0v) is 20.0. The van der Waals surface area contributed by atoms with Crippen LogP contribution in [0, 0.1) is 6.92 Å². The highest BCUT2D eigenvalue weighted by molar-refractivity contribution is 5.82. The van der Waals surface area contributed by atoms with E-state index >= 15 is 0 Å². The maximum atomic E-state index is 12.8. The summed E-state index contributed by atoms with van der Waals surface area (Å²) in [6, 6.07) is 10.8. The van der Waals surface area contributed by atoms with Crippen LogP contribution in [0.3, 0.4) is 0 Å². The molecular formula is C25H29N3O7. The van der Waals surface area contributed by atoms with E-state index in [4.69, 9.17) is 18.9 Å². The lowest BCUT2D eigenvalue weighted by molar-refractivity contribution is -0.148. The first-order chi connectivity index (χ1) is 16.9. The molecule has 3 rings (SSSR count). The van der Waals surface area contributed by atoms with E-state index in [9.17, 15) is 14.4 Å². The number of carbonyl (C=O) groups is 2. The van der Waals surface area contributed by atoms with E-state index in [2.05, 4.69) is 10.3 Å². The standard InChI is InChI=1S/C25H29N3O7/c1-17-6-4-7-18(12-17)34-11-9-26-23(29)15-35-24(30)8-5-10-28-16-27-20-14-22(33-3)21(32-2)13-19(20)25(28)31/h4,6-7,12-14,16H,5,8-11,15H2,1-3H3,(H,26,29). The normalized spacial score (nSPS) is 10.6. The number of aryl methyl sites for hydroxylation is 2. The van der Waals surface area contributed by atoms with Crippen LogP contribution in [0.1, 0.15) is 18.4 Å². The molecule has 0 fully saturated rings. The van der Waals surface area contributed by atoms with Crippen molar-refractivity contribution in [1.29, 1.82) is 0 Å². The van der Waals surface area contributed by atoms with Crippen molar-refractivity contribution < 1.29 is 28.5 Å². The summed E-state index contributed by atoms with van der Waals surface area (Å²) in [5.74, 6) is 0.704. The molecule has 1 aromatic heterocycles. The second-order valence-corrected chi connectivity index (χ2v) is 7.75. The van der Waals surface area contributed by atoms with Crippen molar-refractivity contribution in [3.05, 3.63) is 58.6 Å². The lowest BCUT2D eigenvalue weighted by Crippen LogP contribution is -2.32. The predicted molar refractivity (Wildman–Crippen MR) is 129 cm³/mol. The smallest absolute Gasteiger partial charge is 0.306 e. The van der Waals surface area contributed by atoms with E-state index in [1.807, 2.05) is 31.2 Å². The van der Waals surface area contributed by atoms with Gasteiger partial charge in [-0.25, -0.2) is 4.98 Å². The molecule has 10 heteroatoms. The lowest BCUT2D eigenvalue weighted by atomic mass is 10.2. The van der Waals surface area contributed by atoms with Crippen LogP contribution in [0.4, 0.5) is 0 Å². The predicted octanol–water partition coefficient (Wildman–Crippen LogP) is 2.24. The molecular weight excluding hydrogens is 454 g/mol. The number of fused-ring (bicyclic) bond motifs is 1. The molecule has 186 valence electrons. The Balaban J connectivity index is 1.39. The highest BCUT2D eigenvalue weighted by Crippen LogP contribution is 2.29. The van der Waals surface area contributed by atoms with Gasteiger partial charge in [0.15, 0.2) is 18.1 Å². The fourth-order valence-corrected chi connectivity index (χ4v) is 3.37. The Morgan fingerprint density at radius 3 is 2.60 bits per heavy atom. The monoisotopic (exact) mass is 483 g/mol. The molecule has 0 aliphatic rings. The van der Waals surface area contributed by atoms with Crippen LogP contribution in [0.25, 0.3) is 10.9 Å². The fraction of sp³-hybridized carbons (Fsp3) is 0.360. The molecule has 3 aromatic rings. The maximum absolute atomic E-state index is 12.8. The summed E-state index contributed by atoms with van der Waals surface area (Å²) in [6.45, 7) is 2.46. The van der Waals surface area contributed by atoms with Crippen LogP contribution in [-0.4, -0.2) is 55.4 Å². The first-order valence-electron chi connectivity index (χ1n) is 11.1. The van der Waals surface area contributed by atoms with Crippen molar-refractivity contribution in [3.8, 4) is 17.2 Å². The summed E-state index contributed by atoms with van der Waals surface area (Å²) in [4.78, 5) is 40.9. The third-order valence-corrected chi connectivity index (χ3v) is 5.16. The van der Waals surface area contributed by atoms with Crippen molar-refractivity contribution in [2.45, 2.75) is 26.3 Å². The first-order valence-corrected chi connectivity index (χ1v) is 11.1. The van der Waals surface area contributed by atoms with Crippen LogP contribution >= 0.6 is 0 Å². The quantitative estimate of drug-likeness (QED) is 0.308. The van der Waals surface area contributed by atoms with Crippen molar-refractivity contribution in [2.24, 2.45) is 0 Å². The van der Waals surface area contributed by atoms with E-state index in [0.29, 0.717) is 42.0 Å². The van der Waals surface area contributed by atoms with E-state index in [-0.39, 0.29) is 25.1 Å². The molecule has 10 nitrogen and oxygen atoms in total. The van der Waals surface area contributed by atoms with Crippen molar-refractivity contribution in [2.75, 3.05) is 34.0 Å². The van der Waals surface area contributed by atoms with Gasteiger partial charge in [0.1, 0.15) is 12.4 Å². The number of amides is 1. The summed E-state index contributed by atoms with van der Waals surface area (Å²) >= 11 is 0. The number of nitrogens with zero attached hydrogens (tertiary/aromatic N) is 2. The van der Waals surface area contributed by atoms with Gasteiger partial charge in [-0.3, -0.25) is 19.0 Å². The number of benzene rings is 2. The zero-order chi connectivity index (χ0) is 25.2. The van der Waals surface area contributed by atoms with Crippen LogP contribution < -0.4 is 25.1 Å². The molecule has 0 saturated heterocycles. The van der Waals surface area contributed by atoms with Crippen LogP contribution in [0.2, 0.25) is 0 Å². The zero-order valence-electron chi connectivity index (χ0n) is 20.0. The van der Waals surface area contributed by atoms with Gasteiger partial charge >= 0.3 is 5.97 Å². The number of aromatic nitrogens is 2. The summed E-state index contributed by atoms with van der Waals surface area (Å²) in [5, 5.41) is 3.02. The Morgan fingerprint density at radius 2 is 1.86 bits per heavy atom. The number of ether oxygens (including phenoxy) is 4. The van der Waals surface area contributed by atoms with Crippen LogP contribution in [0.15, 0.2) is 47.5 Å². The van der Waals surface area contributed by atoms with E-state index in [1.165, 1.54) is 25.1 Å². The Labute approximate surface area is 202 Å². The fourth-order valence-electron chi connectivity index (χ4n) is 3.37. The maximum Gasteiger partial charge on any atom is 0.306 e. The van der Waals surface area contributed by atoms with Gasteiger partial charge in [0.2, 0.25) is 0 Å². The molecule has 1 amide bonds. The minimum atomic E-state index is -0.524. The van der Waals surface area contributed by atoms with Gasteiger partial charge in [-0.15, -0.1) is 0 Å². The third-order valence-electron chi connectivity index (χ3n) is 5.16. The average Bonchev–Trinajstić information content (AvgIpc) is 2.86. The van der Waals surface area contributed by atoms with E-state index in [1.54, 1.807) is 12.1 Å². The number of esters is 1. The van der Waals surface area contributed by atoms with Gasteiger partial charge in [-0.1, -0.05) is 12.1 Å². The molecule has 0 aliphatic carbocycles. The second-order valence-electron chi connectivity index (χ2n) is 7.75. The number of rotatable bonds is 12. The lowest BCUT2D eigenvalue weighted by Gasteiger charge is -2.11. The molecule has 0 bridgehead atoms. The average molecular weight is 484 g/mol. The van der Waals surface area contributed by atoms with Gasteiger partial charge in [0.05, 0.1) is 38.0 Å². The Morgan fingerprint density at radius 1 is 1.09 bits per heavy atom. The molecule has 0 aliphatic heterocycles.